The van der Waals surface area contributed by atoms with Gasteiger partial charge >= 0.3 is 5.97 Å². The zero-order chi connectivity index (χ0) is 32.0. The van der Waals surface area contributed by atoms with Crippen LogP contribution in [0.5, 0.6) is 0 Å². The molecule has 1 saturated heterocycles. The lowest BCUT2D eigenvalue weighted by molar-refractivity contribution is -0.384. The predicted molar refractivity (Wildman–Crippen MR) is 170 cm³/mol. The van der Waals surface area contributed by atoms with Gasteiger partial charge in [-0.1, -0.05) is 48.7 Å². The van der Waals surface area contributed by atoms with E-state index in [0.29, 0.717) is 42.9 Å². The number of hydrogen-bond donors (Lipinski definition) is 0. The Morgan fingerprint density at radius 1 is 1.04 bits per heavy atom. The smallest absolute Gasteiger partial charge is 0.339 e. The van der Waals surface area contributed by atoms with Crippen LogP contribution in [-0.4, -0.2) is 40.1 Å². The number of fused-ring (bicyclic) bond motifs is 2. The Morgan fingerprint density at radius 3 is 2.36 bits per heavy atom. The van der Waals surface area contributed by atoms with Crippen molar-refractivity contribution in [2.75, 3.05) is 11.5 Å². The Balaban J connectivity index is 1.32. The molecule has 45 heavy (non-hydrogen) atoms. The third-order valence-electron chi connectivity index (χ3n) is 8.42. The summed E-state index contributed by atoms with van der Waals surface area (Å²) < 4.78 is 5.93. The highest BCUT2D eigenvalue weighted by atomic mass is 79.9. The van der Waals surface area contributed by atoms with Crippen molar-refractivity contribution >= 4 is 73.4 Å². The first-order valence-electron chi connectivity index (χ1n) is 14.3. The average Bonchev–Trinajstić information content (AvgIpc) is 3.31. The molecule has 2 aliphatic rings. The number of Topliss-reactive ketones (excluding diaryl/α,β-unsaturated/α-hetero) is 1. The Kier molecular flexibility index (Phi) is 8.23. The van der Waals surface area contributed by atoms with Crippen molar-refractivity contribution in [3.05, 3.63) is 97.0 Å². The van der Waals surface area contributed by atoms with Crippen LogP contribution in [0.1, 0.15) is 52.0 Å². The van der Waals surface area contributed by atoms with E-state index in [9.17, 15) is 29.3 Å². The summed E-state index contributed by atoms with van der Waals surface area (Å²) in [6.07, 6.45) is 3.32. The van der Waals surface area contributed by atoms with Gasteiger partial charge in [0.05, 0.1) is 44.2 Å². The number of pyridine rings is 1. The Morgan fingerprint density at radius 2 is 1.71 bits per heavy atom. The lowest BCUT2D eigenvalue weighted by Gasteiger charge is -2.19. The van der Waals surface area contributed by atoms with Crippen LogP contribution in [0.2, 0.25) is 5.02 Å². The number of hydrogen-bond acceptors (Lipinski definition) is 8. The molecule has 1 saturated carbocycles. The number of benzene rings is 3. The second-order valence-electron chi connectivity index (χ2n) is 11.1. The molecule has 3 aromatic carbocycles. The van der Waals surface area contributed by atoms with Crippen molar-refractivity contribution in [3.8, 4) is 11.3 Å². The number of non-ortho nitro benzene ring substituents is 1. The number of imide groups is 1. The predicted octanol–water partition coefficient (Wildman–Crippen LogP) is 7.25. The highest BCUT2D eigenvalue weighted by Crippen LogP contribution is 2.41. The first kappa shape index (κ1) is 30.5. The maximum Gasteiger partial charge on any atom is 0.339 e. The molecule has 2 fully saturated rings. The number of rotatable bonds is 7. The molecule has 2 atom stereocenters. The van der Waals surface area contributed by atoms with Crippen molar-refractivity contribution in [2.24, 2.45) is 11.8 Å². The number of nitrogens with zero attached hydrogens (tertiary/aromatic N) is 3. The summed E-state index contributed by atoms with van der Waals surface area (Å²) >= 11 is 9.92. The number of amides is 2. The summed E-state index contributed by atoms with van der Waals surface area (Å²) in [5.41, 5.74) is 2.45. The van der Waals surface area contributed by atoms with Crippen molar-refractivity contribution in [1.29, 1.82) is 0 Å². The molecule has 2 amide bonds. The van der Waals surface area contributed by atoms with Crippen LogP contribution in [0.15, 0.2) is 65.1 Å². The van der Waals surface area contributed by atoms with Gasteiger partial charge in [-0.15, -0.1) is 0 Å². The third-order valence-corrected chi connectivity index (χ3v) is 9.76. The normalized spacial score (nSPS) is 17.8. The molecule has 10 nitrogen and oxygen atoms in total. The van der Waals surface area contributed by atoms with Gasteiger partial charge in [0.15, 0.2) is 6.61 Å². The summed E-state index contributed by atoms with van der Waals surface area (Å²) in [4.78, 5) is 68.9. The van der Waals surface area contributed by atoms with Crippen LogP contribution >= 0.6 is 27.5 Å². The summed E-state index contributed by atoms with van der Waals surface area (Å²) in [6.45, 7) is 1.13. The van der Waals surface area contributed by atoms with Gasteiger partial charge in [-0.25, -0.2) is 9.78 Å². The van der Waals surface area contributed by atoms with E-state index in [1.54, 1.807) is 37.3 Å². The molecule has 0 bridgehead atoms. The highest BCUT2D eigenvalue weighted by molar-refractivity contribution is 9.10. The quantitative estimate of drug-likeness (QED) is 0.0650. The van der Waals surface area contributed by atoms with Gasteiger partial charge in [0.25, 0.3) is 5.69 Å². The van der Waals surface area contributed by atoms with Gasteiger partial charge < -0.3 is 4.74 Å². The SMILES string of the molecule is Cc1c(Cl)c(Br)cc2c(C(=O)OCC(=O)c3cccc([N+](=O)[O-])c3)cc(-c3ccc(N4C(=O)C5CCCCC5C4=O)cc3)nc12. The molecular formula is C33H25BrClN3O7. The number of ketones is 1. The monoisotopic (exact) mass is 689 g/mol. The van der Waals surface area contributed by atoms with Crippen molar-refractivity contribution in [2.45, 2.75) is 32.6 Å². The first-order valence-corrected chi connectivity index (χ1v) is 15.4. The number of anilines is 1. The minimum absolute atomic E-state index is 0.0388. The molecule has 2 unspecified atom stereocenters. The number of esters is 1. The lowest BCUT2D eigenvalue weighted by Crippen LogP contribution is -2.30. The molecular weight excluding hydrogens is 666 g/mol. The largest absolute Gasteiger partial charge is 0.454 e. The van der Waals surface area contributed by atoms with Crippen molar-refractivity contribution in [3.63, 3.8) is 0 Å². The van der Waals surface area contributed by atoms with E-state index < -0.39 is 23.3 Å². The molecule has 0 spiro atoms. The summed E-state index contributed by atoms with van der Waals surface area (Å²) in [5, 5.41) is 12.0. The number of halogens is 2. The minimum Gasteiger partial charge on any atom is -0.454 e. The maximum absolute atomic E-state index is 13.4. The summed E-state index contributed by atoms with van der Waals surface area (Å²) in [6, 6.07) is 15.2. The number of aryl methyl sites for hydroxylation is 1. The number of carbonyl (C=O) groups is 4. The topological polar surface area (TPSA) is 137 Å². The molecule has 2 heterocycles. The van der Waals surface area contributed by atoms with Crippen molar-refractivity contribution < 1.29 is 28.8 Å². The average molecular weight is 691 g/mol. The second-order valence-corrected chi connectivity index (χ2v) is 12.3. The molecule has 1 aliphatic carbocycles. The van der Waals surface area contributed by atoms with Gasteiger partial charge in [-0.2, -0.15) is 0 Å². The standard InChI is InChI=1S/C33H25BrClN3O7/c1-17-29(35)26(34)14-24-25(33(42)45-16-28(39)19-5-4-6-21(13-19)38(43)44)15-27(36-30(17)24)18-9-11-20(12-10-18)37-31(40)22-7-2-3-8-23(22)32(37)41/h4-6,9-15,22-23H,2-3,7-8,16H2,1H3. The summed E-state index contributed by atoms with van der Waals surface area (Å²) in [7, 11) is 0. The molecule has 0 N–H and O–H groups in total. The lowest BCUT2D eigenvalue weighted by atomic mass is 9.81. The Hall–Kier alpha value is -4.48. The van der Waals surface area contributed by atoms with Gasteiger partial charge in [0, 0.05) is 33.1 Å². The Bertz CT molecular complexity index is 1900. The number of nitro benzene ring substituents is 1. The molecule has 228 valence electrons. The van der Waals surface area contributed by atoms with Crippen LogP contribution in [0.25, 0.3) is 22.2 Å². The zero-order valence-electron chi connectivity index (χ0n) is 23.9. The van der Waals surface area contributed by atoms with Crippen LogP contribution in [0.4, 0.5) is 11.4 Å². The van der Waals surface area contributed by atoms with Crippen LogP contribution in [0, 0.1) is 28.9 Å². The molecule has 6 rings (SSSR count). The van der Waals surface area contributed by atoms with Gasteiger partial charge in [-0.3, -0.25) is 29.4 Å². The number of ether oxygens (including phenoxy) is 1. The van der Waals surface area contributed by atoms with Crippen LogP contribution in [-0.2, 0) is 14.3 Å². The van der Waals surface area contributed by atoms with Gasteiger partial charge in [-0.05, 0) is 65.5 Å². The number of aromatic nitrogens is 1. The van der Waals surface area contributed by atoms with E-state index in [1.165, 1.54) is 29.2 Å². The second kappa shape index (κ2) is 12.1. The van der Waals surface area contributed by atoms with Crippen LogP contribution < -0.4 is 4.90 Å². The molecule has 1 aliphatic heterocycles. The fourth-order valence-corrected chi connectivity index (χ4v) is 6.73. The van der Waals surface area contributed by atoms with E-state index in [1.807, 2.05) is 0 Å². The molecule has 0 radical (unpaired) electrons. The van der Waals surface area contributed by atoms with E-state index >= 15 is 0 Å². The maximum atomic E-state index is 13.4. The fourth-order valence-electron chi connectivity index (χ4n) is 6.06. The third kappa shape index (κ3) is 5.62. The first-order chi connectivity index (χ1) is 21.5. The highest BCUT2D eigenvalue weighted by Gasteiger charge is 2.48. The minimum atomic E-state index is -0.802. The molecule has 1 aromatic heterocycles. The van der Waals surface area contributed by atoms with Crippen molar-refractivity contribution in [1.82, 2.24) is 4.98 Å². The molecule has 4 aromatic rings. The summed E-state index contributed by atoms with van der Waals surface area (Å²) in [5.74, 6) is -2.27. The molecule has 12 heteroatoms. The number of nitro groups is 1. The van der Waals surface area contributed by atoms with Gasteiger partial charge in [0.1, 0.15) is 0 Å². The van der Waals surface area contributed by atoms with Gasteiger partial charge in [0.2, 0.25) is 17.6 Å². The van der Waals surface area contributed by atoms with E-state index in [0.717, 1.165) is 31.7 Å². The van der Waals surface area contributed by atoms with E-state index in [-0.39, 0.29) is 40.5 Å². The Labute approximate surface area is 270 Å². The van der Waals surface area contributed by atoms with E-state index in [2.05, 4.69) is 15.9 Å². The fraction of sp³-hybridized carbons (Fsp3) is 0.242. The number of carbonyl (C=O) groups excluding carboxylic acids is 4. The van der Waals surface area contributed by atoms with E-state index in [4.69, 9.17) is 21.3 Å². The van der Waals surface area contributed by atoms with Crippen LogP contribution in [0.3, 0.4) is 0 Å². The zero-order valence-corrected chi connectivity index (χ0v) is 26.3.